The van der Waals surface area contributed by atoms with Crippen LogP contribution in [0, 0.1) is 0 Å². The number of nitrogens with zero attached hydrogens (tertiary/aromatic N) is 2. The van der Waals surface area contributed by atoms with Gasteiger partial charge in [-0.05, 0) is 6.07 Å². The number of thiophene rings is 1. The standard InChI is InChI=1S/C11H10ClN5S/c1-14-6-4-7(13)16-9-8(12)10(18-11(6)9)5-2-3-15-17-5/h2-4H,1H3,(H,15,17)(H3,13,14,16). The Balaban J connectivity index is 2.34. The summed E-state index contributed by atoms with van der Waals surface area (Å²) in [5, 5.41) is 10.5. The SMILES string of the molecule is CNc1cc(N)nc2c(Cl)c(-c3ccn[nH]3)sc12. The highest BCUT2D eigenvalue weighted by Gasteiger charge is 2.17. The molecule has 92 valence electrons. The second-order valence-electron chi connectivity index (χ2n) is 3.74. The highest BCUT2D eigenvalue weighted by molar-refractivity contribution is 7.23. The molecule has 7 heteroatoms. The molecule has 3 aromatic heterocycles. The zero-order chi connectivity index (χ0) is 12.7. The maximum Gasteiger partial charge on any atom is 0.126 e. The molecule has 5 nitrogen and oxygen atoms in total. The average Bonchev–Trinajstić information content (AvgIpc) is 2.97. The molecule has 0 aliphatic rings. The smallest absolute Gasteiger partial charge is 0.126 e. The second-order valence-corrected chi connectivity index (χ2v) is 5.14. The fourth-order valence-corrected chi connectivity index (χ4v) is 3.34. The number of nitrogens with two attached hydrogens (primary N) is 1. The minimum absolute atomic E-state index is 0.447. The third-order valence-corrected chi connectivity index (χ3v) is 4.34. The third-order valence-electron chi connectivity index (χ3n) is 2.62. The fraction of sp³-hybridized carbons (Fsp3) is 0.0909. The van der Waals surface area contributed by atoms with Gasteiger partial charge in [0.05, 0.1) is 26.0 Å². The lowest BCUT2D eigenvalue weighted by molar-refractivity contribution is 1.10. The van der Waals surface area contributed by atoms with Crippen molar-refractivity contribution in [1.82, 2.24) is 15.2 Å². The number of anilines is 2. The quantitative estimate of drug-likeness (QED) is 0.674. The summed E-state index contributed by atoms with van der Waals surface area (Å²) in [6, 6.07) is 3.67. The van der Waals surface area contributed by atoms with Crippen molar-refractivity contribution in [3.63, 3.8) is 0 Å². The van der Waals surface area contributed by atoms with Gasteiger partial charge in [-0.1, -0.05) is 11.6 Å². The fourth-order valence-electron chi connectivity index (χ4n) is 1.80. The molecule has 4 N–H and O–H groups in total. The maximum atomic E-state index is 6.37. The van der Waals surface area contributed by atoms with Crippen molar-refractivity contribution in [2.24, 2.45) is 0 Å². The summed E-state index contributed by atoms with van der Waals surface area (Å²) in [5.74, 6) is 0.447. The van der Waals surface area contributed by atoms with E-state index >= 15 is 0 Å². The van der Waals surface area contributed by atoms with E-state index in [-0.39, 0.29) is 0 Å². The molecule has 18 heavy (non-hydrogen) atoms. The van der Waals surface area contributed by atoms with Gasteiger partial charge >= 0.3 is 0 Å². The molecule has 0 aromatic carbocycles. The van der Waals surface area contributed by atoms with Crippen LogP contribution < -0.4 is 11.1 Å². The largest absolute Gasteiger partial charge is 0.387 e. The van der Waals surface area contributed by atoms with Crippen molar-refractivity contribution >= 4 is 44.7 Å². The number of rotatable bonds is 2. The summed E-state index contributed by atoms with van der Waals surface area (Å²) in [5.41, 5.74) is 8.29. The molecule has 3 rings (SSSR count). The van der Waals surface area contributed by atoms with Gasteiger partial charge in [-0.15, -0.1) is 11.3 Å². The van der Waals surface area contributed by atoms with Gasteiger partial charge in [0.15, 0.2) is 0 Å². The number of aromatic amines is 1. The number of nitrogens with one attached hydrogen (secondary N) is 2. The summed E-state index contributed by atoms with van der Waals surface area (Å²) in [6.45, 7) is 0. The summed E-state index contributed by atoms with van der Waals surface area (Å²) >= 11 is 7.92. The summed E-state index contributed by atoms with van der Waals surface area (Å²) in [4.78, 5) is 5.21. The van der Waals surface area contributed by atoms with Gasteiger partial charge in [-0.3, -0.25) is 5.10 Å². The van der Waals surface area contributed by atoms with Crippen molar-refractivity contribution in [3.05, 3.63) is 23.4 Å². The molecule has 0 aliphatic heterocycles. The molecule has 0 unspecified atom stereocenters. The molecule has 0 bridgehead atoms. The lowest BCUT2D eigenvalue weighted by Gasteiger charge is -2.02. The Labute approximate surface area is 112 Å². The normalized spacial score (nSPS) is 11.0. The molecule has 0 spiro atoms. The van der Waals surface area contributed by atoms with Crippen LogP contribution in [0.4, 0.5) is 11.5 Å². The zero-order valence-electron chi connectivity index (χ0n) is 9.49. The van der Waals surface area contributed by atoms with E-state index in [2.05, 4.69) is 20.5 Å². The lowest BCUT2D eigenvalue weighted by atomic mass is 10.3. The molecular weight excluding hydrogens is 270 g/mol. The highest BCUT2D eigenvalue weighted by Crippen LogP contribution is 2.43. The number of H-pyrrole nitrogens is 1. The van der Waals surface area contributed by atoms with Gasteiger partial charge in [0.25, 0.3) is 0 Å². The van der Waals surface area contributed by atoms with Crippen molar-refractivity contribution < 1.29 is 0 Å². The minimum atomic E-state index is 0.447. The van der Waals surface area contributed by atoms with Crippen LogP contribution in [0.5, 0.6) is 0 Å². The van der Waals surface area contributed by atoms with Crippen LogP contribution in [-0.2, 0) is 0 Å². The number of nitrogen functional groups attached to an aromatic ring is 1. The first-order valence-electron chi connectivity index (χ1n) is 5.26. The second kappa shape index (κ2) is 4.15. The van der Waals surface area contributed by atoms with E-state index in [0.29, 0.717) is 10.8 Å². The summed E-state index contributed by atoms with van der Waals surface area (Å²) in [6.07, 6.45) is 1.69. The minimum Gasteiger partial charge on any atom is -0.387 e. The molecule has 3 heterocycles. The first kappa shape index (κ1) is 11.3. The first-order chi connectivity index (χ1) is 8.70. The Morgan fingerprint density at radius 1 is 1.50 bits per heavy atom. The summed E-state index contributed by atoms with van der Waals surface area (Å²) in [7, 11) is 1.84. The van der Waals surface area contributed by atoms with Crippen LogP contribution in [0.1, 0.15) is 0 Å². The van der Waals surface area contributed by atoms with E-state index in [4.69, 9.17) is 17.3 Å². The van der Waals surface area contributed by atoms with Crippen LogP contribution in [-0.4, -0.2) is 22.2 Å². The Kier molecular flexibility index (Phi) is 2.61. The molecule has 0 amide bonds. The van der Waals surface area contributed by atoms with E-state index in [0.717, 1.165) is 26.5 Å². The van der Waals surface area contributed by atoms with Gasteiger partial charge < -0.3 is 11.1 Å². The molecule has 0 radical (unpaired) electrons. The van der Waals surface area contributed by atoms with E-state index in [1.807, 2.05) is 13.1 Å². The number of halogens is 1. The van der Waals surface area contributed by atoms with Gasteiger partial charge in [0, 0.05) is 19.3 Å². The van der Waals surface area contributed by atoms with E-state index in [1.165, 1.54) is 0 Å². The highest BCUT2D eigenvalue weighted by atomic mass is 35.5. The van der Waals surface area contributed by atoms with Crippen molar-refractivity contribution in [1.29, 1.82) is 0 Å². The van der Waals surface area contributed by atoms with Crippen LogP contribution in [0.2, 0.25) is 5.02 Å². The molecule has 0 fully saturated rings. The number of aromatic nitrogens is 3. The van der Waals surface area contributed by atoms with E-state index < -0.39 is 0 Å². The Hall–Kier alpha value is -1.79. The maximum absolute atomic E-state index is 6.37. The Morgan fingerprint density at radius 2 is 2.33 bits per heavy atom. The number of pyridine rings is 1. The Morgan fingerprint density at radius 3 is 3.00 bits per heavy atom. The van der Waals surface area contributed by atoms with Gasteiger partial charge in [0.2, 0.25) is 0 Å². The molecule has 0 saturated heterocycles. The monoisotopic (exact) mass is 279 g/mol. The molecule has 0 atom stereocenters. The van der Waals surface area contributed by atoms with E-state index in [9.17, 15) is 0 Å². The summed E-state index contributed by atoms with van der Waals surface area (Å²) < 4.78 is 0.987. The average molecular weight is 280 g/mol. The van der Waals surface area contributed by atoms with Gasteiger partial charge in [0.1, 0.15) is 11.3 Å². The third kappa shape index (κ3) is 1.61. The topological polar surface area (TPSA) is 79.6 Å². The van der Waals surface area contributed by atoms with Gasteiger partial charge in [-0.2, -0.15) is 5.10 Å². The molecule has 3 aromatic rings. The first-order valence-corrected chi connectivity index (χ1v) is 6.46. The number of fused-ring (bicyclic) bond motifs is 1. The predicted molar refractivity (Wildman–Crippen MR) is 76.2 cm³/mol. The molecule has 0 aliphatic carbocycles. The number of hydrogen-bond acceptors (Lipinski definition) is 5. The van der Waals surface area contributed by atoms with E-state index in [1.54, 1.807) is 23.6 Å². The Bertz CT molecular complexity index is 704. The predicted octanol–water partition coefficient (Wildman–Crippen LogP) is 2.96. The van der Waals surface area contributed by atoms with Crippen LogP contribution in [0.25, 0.3) is 20.8 Å². The van der Waals surface area contributed by atoms with Crippen molar-refractivity contribution in [2.45, 2.75) is 0 Å². The van der Waals surface area contributed by atoms with Gasteiger partial charge in [-0.25, -0.2) is 4.98 Å². The molecule has 0 saturated carbocycles. The van der Waals surface area contributed by atoms with Crippen LogP contribution in [0.3, 0.4) is 0 Å². The zero-order valence-corrected chi connectivity index (χ0v) is 11.1. The van der Waals surface area contributed by atoms with Crippen LogP contribution in [0.15, 0.2) is 18.3 Å². The van der Waals surface area contributed by atoms with Crippen molar-refractivity contribution in [2.75, 3.05) is 18.1 Å². The number of hydrogen-bond donors (Lipinski definition) is 3. The lowest BCUT2D eigenvalue weighted by Crippen LogP contribution is -1.94. The molecular formula is C11H10ClN5S. The van der Waals surface area contributed by atoms with Crippen LogP contribution >= 0.6 is 22.9 Å². The van der Waals surface area contributed by atoms with Crippen molar-refractivity contribution in [3.8, 4) is 10.6 Å².